The van der Waals surface area contributed by atoms with Crippen LogP contribution in [0.3, 0.4) is 0 Å². The van der Waals surface area contributed by atoms with Crippen molar-refractivity contribution in [3.63, 3.8) is 0 Å². The van der Waals surface area contributed by atoms with Crippen molar-refractivity contribution in [3.8, 4) is 5.75 Å². The number of methoxy groups -OCH3 is 1. The van der Waals surface area contributed by atoms with Crippen LogP contribution in [-0.2, 0) is 6.54 Å². The van der Waals surface area contributed by atoms with Crippen LogP contribution >= 0.6 is 0 Å². The van der Waals surface area contributed by atoms with E-state index in [2.05, 4.69) is 37.9 Å². The van der Waals surface area contributed by atoms with Crippen LogP contribution in [0.25, 0.3) is 11.0 Å². The van der Waals surface area contributed by atoms with Gasteiger partial charge in [-0.15, -0.1) is 0 Å². The molecule has 31 heavy (non-hydrogen) atoms. The Kier molecular flexibility index (Phi) is 4.17. The Morgan fingerprint density at radius 3 is 2.94 bits per heavy atom. The zero-order valence-electron chi connectivity index (χ0n) is 17.1. The van der Waals surface area contributed by atoms with E-state index in [1.165, 1.54) is 0 Å². The number of anilines is 1. The topological polar surface area (TPSA) is 71.1 Å². The molecule has 2 aromatic heterocycles. The number of nitrogens with one attached hydrogen (secondary N) is 1. The summed E-state index contributed by atoms with van der Waals surface area (Å²) in [6.07, 6.45) is 1.57. The molecule has 2 aliphatic heterocycles. The largest absolute Gasteiger partial charge is 0.497 e. The fourth-order valence-corrected chi connectivity index (χ4v) is 4.28. The molecule has 0 unspecified atom stereocenters. The molecule has 4 heterocycles. The minimum absolute atomic E-state index is 0.135. The number of aliphatic imine (C=N–C) groups is 1. The lowest BCUT2D eigenvalue weighted by atomic mass is 10.1. The number of aromatic nitrogens is 2. The number of imidazole rings is 1. The molecule has 0 saturated heterocycles. The highest BCUT2D eigenvalue weighted by Gasteiger charge is 2.36. The molecule has 0 spiro atoms. The molecule has 2 aromatic carbocycles. The predicted octanol–water partition coefficient (Wildman–Crippen LogP) is 3.38. The molecular weight excluding hydrogens is 392 g/mol. The van der Waals surface area contributed by atoms with Crippen LogP contribution in [0.2, 0.25) is 0 Å². The van der Waals surface area contributed by atoms with Gasteiger partial charge in [0.25, 0.3) is 0 Å². The lowest BCUT2D eigenvalue weighted by molar-refractivity contribution is 0.243. The average molecular weight is 414 g/mol. The van der Waals surface area contributed by atoms with Gasteiger partial charge in [0, 0.05) is 0 Å². The van der Waals surface area contributed by atoms with E-state index in [-0.39, 0.29) is 6.17 Å². The average Bonchev–Trinajstić information content (AvgIpc) is 3.46. The Labute approximate surface area is 179 Å². The number of furan rings is 1. The first kappa shape index (κ1) is 18.0. The fraction of sp³-hybridized carbons (Fsp3) is 0.217. The van der Waals surface area contributed by atoms with Crippen molar-refractivity contribution < 1.29 is 9.15 Å². The summed E-state index contributed by atoms with van der Waals surface area (Å²) in [5.41, 5.74) is 3.11. The Bertz CT molecular complexity index is 1260. The molecule has 156 valence electrons. The van der Waals surface area contributed by atoms with E-state index in [1.54, 1.807) is 13.4 Å². The van der Waals surface area contributed by atoms with Crippen molar-refractivity contribution in [2.24, 2.45) is 4.99 Å². The maximum absolute atomic E-state index is 5.53. The Hall–Kier alpha value is -3.78. The number of rotatable bonds is 4. The normalized spacial score (nSPS) is 18.3. The van der Waals surface area contributed by atoms with E-state index in [9.17, 15) is 0 Å². The van der Waals surface area contributed by atoms with Crippen molar-refractivity contribution in [1.82, 2.24) is 19.8 Å². The van der Waals surface area contributed by atoms with Crippen LogP contribution < -0.4 is 15.0 Å². The SMILES string of the molecule is COc1cccc([C@H]2NC3=NCN(Cc4ccco4)CN3c3nc4ccccc4n32)c1. The third-order valence-corrected chi connectivity index (χ3v) is 5.73. The molecule has 0 bridgehead atoms. The van der Waals surface area contributed by atoms with E-state index in [4.69, 9.17) is 19.1 Å². The smallest absolute Gasteiger partial charge is 0.216 e. The number of nitrogens with zero attached hydrogens (tertiary/aromatic N) is 5. The van der Waals surface area contributed by atoms with Crippen LogP contribution in [0.1, 0.15) is 17.5 Å². The van der Waals surface area contributed by atoms with Gasteiger partial charge in [-0.3, -0.25) is 14.4 Å². The van der Waals surface area contributed by atoms with E-state index in [0.717, 1.165) is 40.0 Å². The summed E-state index contributed by atoms with van der Waals surface area (Å²) in [5.74, 6) is 3.44. The van der Waals surface area contributed by atoms with Gasteiger partial charge in [0.15, 0.2) is 0 Å². The zero-order valence-corrected chi connectivity index (χ0v) is 17.1. The third kappa shape index (κ3) is 3.03. The first-order valence-corrected chi connectivity index (χ1v) is 10.2. The number of guanidine groups is 1. The van der Waals surface area contributed by atoms with E-state index >= 15 is 0 Å². The van der Waals surface area contributed by atoms with Crippen LogP contribution in [0.15, 0.2) is 76.3 Å². The second-order valence-electron chi connectivity index (χ2n) is 7.69. The van der Waals surface area contributed by atoms with Crippen LogP contribution in [0.5, 0.6) is 5.75 Å². The molecule has 8 heteroatoms. The summed E-state index contributed by atoms with van der Waals surface area (Å²) in [4.78, 5) is 14.2. The molecule has 0 amide bonds. The summed E-state index contributed by atoms with van der Waals surface area (Å²) < 4.78 is 13.2. The molecule has 1 N–H and O–H groups in total. The molecule has 0 fully saturated rings. The fourth-order valence-electron chi connectivity index (χ4n) is 4.28. The maximum Gasteiger partial charge on any atom is 0.216 e. The standard InChI is InChI=1S/C23H22N6O2/c1-30-17-7-4-6-16(12-17)21-26-22-24-14-27(13-18-8-5-11-31-18)15-28(22)23-25-19-9-2-3-10-20(19)29(21)23/h2-12,21H,13-15H2,1H3,(H,24,26)/t21-/m0/s1. The highest BCUT2D eigenvalue weighted by molar-refractivity contribution is 5.98. The van der Waals surface area contributed by atoms with E-state index in [1.807, 2.05) is 42.5 Å². The molecule has 2 aliphatic rings. The van der Waals surface area contributed by atoms with Gasteiger partial charge in [0.1, 0.15) is 17.7 Å². The van der Waals surface area contributed by atoms with Crippen molar-refractivity contribution >= 4 is 22.9 Å². The second-order valence-corrected chi connectivity index (χ2v) is 7.69. The van der Waals surface area contributed by atoms with Crippen molar-refractivity contribution in [1.29, 1.82) is 0 Å². The minimum atomic E-state index is -0.135. The molecular formula is C23H22N6O2. The van der Waals surface area contributed by atoms with Crippen molar-refractivity contribution in [2.75, 3.05) is 25.3 Å². The Morgan fingerprint density at radius 2 is 2.06 bits per heavy atom. The summed E-state index contributed by atoms with van der Waals surface area (Å²) in [7, 11) is 1.69. The third-order valence-electron chi connectivity index (χ3n) is 5.73. The van der Waals surface area contributed by atoms with Crippen LogP contribution in [-0.4, -0.2) is 40.9 Å². The number of ether oxygens (including phenoxy) is 1. The van der Waals surface area contributed by atoms with Crippen LogP contribution in [0.4, 0.5) is 5.95 Å². The molecule has 0 saturated carbocycles. The number of benzene rings is 2. The molecule has 8 nitrogen and oxygen atoms in total. The summed E-state index contributed by atoms with van der Waals surface area (Å²) in [5, 5.41) is 3.63. The quantitative estimate of drug-likeness (QED) is 0.552. The van der Waals surface area contributed by atoms with E-state index < -0.39 is 0 Å². The second kappa shape index (κ2) is 7.17. The van der Waals surface area contributed by atoms with Gasteiger partial charge in [0.05, 0.1) is 44.3 Å². The van der Waals surface area contributed by atoms with E-state index in [0.29, 0.717) is 19.9 Å². The molecule has 1 atom stereocenters. The van der Waals surface area contributed by atoms with Gasteiger partial charge >= 0.3 is 0 Å². The lowest BCUT2D eigenvalue weighted by Gasteiger charge is -2.41. The highest BCUT2D eigenvalue weighted by atomic mass is 16.5. The maximum atomic E-state index is 5.53. The van der Waals surface area contributed by atoms with Gasteiger partial charge in [0.2, 0.25) is 11.9 Å². The summed E-state index contributed by atoms with van der Waals surface area (Å²) in [6.45, 7) is 1.95. The van der Waals surface area contributed by atoms with Gasteiger partial charge in [-0.1, -0.05) is 24.3 Å². The molecule has 0 radical (unpaired) electrons. The number of para-hydroxylation sites is 2. The van der Waals surface area contributed by atoms with Crippen molar-refractivity contribution in [3.05, 3.63) is 78.3 Å². The minimum Gasteiger partial charge on any atom is -0.497 e. The summed E-state index contributed by atoms with van der Waals surface area (Å²) >= 11 is 0. The predicted molar refractivity (Wildman–Crippen MR) is 118 cm³/mol. The first-order chi connectivity index (χ1) is 15.3. The van der Waals surface area contributed by atoms with Gasteiger partial charge < -0.3 is 14.5 Å². The van der Waals surface area contributed by atoms with Gasteiger partial charge in [-0.2, -0.15) is 0 Å². The van der Waals surface area contributed by atoms with Crippen LogP contribution in [0, 0.1) is 0 Å². The lowest BCUT2D eigenvalue weighted by Crippen LogP contribution is -2.57. The molecule has 6 rings (SSSR count). The Balaban J connectivity index is 1.44. The zero-order chi connectivity index (χ0) is 20.8. The molecule has 0 aliphatic carbocycles. The number of hydrogen-bond donors (Lipinski definition) is 1. The highest BCUT2D eigenvalue weighted by Crippen LogP contribution is 2.34. The first-order valence-electron chi connectivity index (χ1n) is 10.2. The van der Waals surface area contributed by atoms with Crippen molar-refractivity contribution in [2.45, 2.75) is 12.7 Å². The summed E-state index contributed by atoms with van der Waals surface area (Å²) in [6, 6.07) is 20.2. The molecule has 4 aromatic rings. The Morgan fingerprint density at radius 1 is 1.13 bits per heavy atom. The number of hydrogen-bond acceptors (Lipinski definition) is 7. The van der Waals surface area contributed by atoms with Gasteiger partial charge in [-0.05, 0) is 42.0 Å². The number of fused-ring (bicyclic) bond motifs is 5. The van der Waals surface area contributed by atoms with Gasteiger partial charge in [-0.25, -0.2) is 9.98 Å². The monoisotopic (exact) mass is 414 g/mol.